The van der Waals surface area contributed by atoms with Crippen molar-refractivity contribution in [3.63, 3.8) is 0 Å². The normalized spacial score (nSPS) is 11.2. The Labute approximate surface area is 186 Å². The van der Waals surface area contributed by atoms with Gasteiger partial charge in [0.1, 0.15) is 0 Å². The molecule has 1 heterocycles. The Morgan fingerprint density at radius 2 is 1.56 bits per heavy atom. The maximum absolute atomic E-state index is 12.9. The molecule has 8 heteroatoms. The van der Waals surface area contributed by atoms with Gasteiger partial charge in [0.2, 0.25) is 15.9 Å². The first-order valence-electron chi connectivity index (χ1n) is 9.80. The Morgan fingerprint density at radius 3 is 2.25 bits per heavy atom. The smallest absolute Gasteiger partial charge is 0.256 e. The predicted molar refractivity (Wildman–Crippen MR) is 125 cm³/mol. The highest BCUT2D eigenvalue weighted by Crippen LogP contribution is 2.29. The van der Waals surface area contributed by atoms with Gasteiger partial charge in [-0.05, 0) is 43.3 Å². The Balaban J connectivity index is 1.56. The molecule has 0 aliphatic heterocycles. The molecule has 1 aromatic heterocycles. The molecule has 4 rings (SSSR count). The highest BCUT2D eigenvalue weighted by atomic mass is 32.2. The van der Waals surface area contributed by atoms with Gasteiger partial charge in [-0.3, -0.25) is 9.52 Å². The summed E-state index contributed by atoms with van der Waals surface area (Å²) in [5.74, 6) is 0.628. The van der Waals surface area contributed by atoms with Gasteiger partial charge in [-0.2, -0.15) is 0 Å². The molecular weight excluding hydrogens is 426 g/mol. The molecule has 0 aliphatic rings. The molecule has 32 heavy (non-hydrogen) atoms. The summed E-state index contributed by atoms with van der Waals surface area (Å²) in [6, 6.07) is 21.3. The summed E-state index contributed by atoms with van der Waals surface area (Å²) in [6.45, 7) is 2.01. The van der Waals surface area contributed by atoms with Gasteiger partial charge in [0.15, 0.2) is 5.76 Å². The molecule has 0 saturated carbocycles. The topological polar surface area (TPSA) is 101 Å². The Hall–Kier alpha value is -3.91. The number of hydrogen-bond acceptors (Lipinski definition) is 5. The largest absolute Gasteiger partial charge is 0.436 e. The Morgan fingerprint density at radius 1 is 0.906 bits per heavy atom. The van der Waals surface area contributed by atoms with Crippen LogP contribution in [0.4, 0.5) is 11.4 Å². The van der Waals surface area contributed by atoms with E-state index in [0.717, 1.165) is 17.4 Å². The summed E-state index contributed by atoms with van der Waals surface area (Å²) in [7, 11) is -3.37. The van der Waals surface area contributed by atoms with Crippen LogP contribution in [0.5, 0.6) is 0 Å². The zero-order valence-corrected chi connectivity index (χ0v) is 18.3. The molecular formula is C24H21N3O4S. The molecule has 4 aromatic rings. The van der Waals surface area contributed by atoms with Crippen molar-refractivity contribution >= 4 is 27.3 Å². The maximum atomic E-state index is 12.9. The van der Waals surface area contributed by atoms with Crippen LogP contribution < -0.4 is 10.0 Å². The fraction of sp³-hybridized carbons (Fsp3) is 0.0833. The quantitative estimate of drug-likeness (QED) is 0.436. The number of oxazole rings is 1. The number of aryl methyl sites for hydroxylation is 1. The number of benzene rings is 3. The predicted octanol–water partition coefficient (Wildman–Crippen LogP) is 4.94. The second kappa shape index (κ2) is 8.68. The second-order valence-electron chi connectivity index (χ2n) is 7.35. The van der Waals surface area contributed by atoms with Crippen LogP contribution in [0.15, 0.2) is 83.4 Å². The third-order valence-corrected chi connectivity index (χ3v) is 5.30. The molecule has 0 bridgehead atoms. The van der Waals surface area contributed by atoms with Gasteiger partial charge in [-0.15, -0.1) is 0 Å². The van der Waals surface area contributed by atoms with Crippen molar-refractivity contribution in [2.75, 3.05) is 16.3 Å². The van der Waals surface area contributed by atoms with E-state index in [-0.39, 0.29) is 5.91 Å². The van der Waals surface area contributed by atoms with Crippen LogP contribution in [-0.2, 0) is 10.0 Å². The number of nitrogens with zero attached hydrogens (tertiary/aromatic N) is 1. The van der Waals surface area contributed by atoms with Crippen molar-refractivity contribution in [2.45, 2.75) is 6.92 Å². The molecule has 2 N–H and O–H groups in total. The Bertz CT molecular complexity index is 1360. The minimum Gasteiger partial charge on any atom is -0.436 e. The number of carbonyl (C=O) groups excluding carboxylic acids is 1. The van der Waals surface area contributed by atoms with Gasteiger partial charge >= 0.3 is 0 Å². The summed E-state index contributed by atoms with van der Waals surface area (Å²) in [5, 5.41) is 2.82. The molecule has 7 nitrogen and oxygen atoms in total. The highest BCUT2D eigenvalue weighted by molar-refractivity contribution is 7.92. The van der Waals surface area contributed by atoms with Crippen LogP contribution in [0.25, 0.3) is 22.8 Å². The van der Waals surface area contributed by atoms with Gasteiger partial charge in [-0.1, -0.05) is 42.0 Å². The summed E-state index contributed by atoms with van der Waals surface area (Å²) in [6.07, 6.45) is 2.72. The summed E-state index contributed by atoms with van der Waals surface area (Å²) in [4.78, 5) is 17.3. The first-order valence-corrected chi connectivity index (χ1v) is 11.7. The molecule has 0 unspecified atom stereocenters. The minimum absolute atomic E-state index is 0.334. The monoisotopic (exact) mass is 447 g/mol. The lowest BCUT2D eigenvalue weighted by Gasteiger charge is -2.09. The van der Waals surface area contributed by atoms with E-state index in [9.17, 15) is 13.2 Å². The molecule has 3 aromatic carbocycles. The first kappa shape index (κ1) is 21.3. The van der Waals surface area contributed by atoms with Crippen molar-refractivity contribution in [2.24, 2.45) is 0 Å². The van der Waals surface area contributed by atoms with Crippen molar-refractivity contribution in [3.05, 3.63) is 90.1 Å². The van der Waals surface area contributed by atoms with Gasteiger partial charge in [0.25, 0.3) is 5.91 Å². The second-order valence-corrected chi connectivity index (χ2v) is 9.10. The van der Waals surface area contributed by atoms with Crippen molar-refractivity contribution in [3.8, 4) is 22.8 Å². The van der Waals surface area contributed by atoms with Gasteiger partial charge in [-0.25, -0.2) is 13.4 Å². The van der Waals surface area contributed by atoms with Gasteiger partial charge in [0.05, 0.1) is 18.0 Å². The van der Waals surface area contributed by atoms with E-state index >= 15 is 0 Å². The zero-order valence-electron chi connectivity index (χ0n) is 17.5. The molecule has 0 fully saturated rings. The summed E-state index contributed by atoms with van der Waals surface area (Å²) >= 11 is 0. The SMILES string of the molecule is Cc1ccc(-c2cnc(-c3ccccc3C(=O)Nc3ccc(NS(C)(=O)=O)cc3)o2)cc1. The molecule has 0 aliphatic carbocycles. The number of amides is 1. The molecule has 0 saturated heterocycles. The average Bonchev–Trinajstić information content (AvgIpc) is 3.25. The fourth-order valence-corrected chi connectivity index (χ4v) is 3.72. The molecule has 0 radical (unpaired) electrons. The minimum atomic E-state index is -3.37. The van der Waals surface area contributed by atoms with E-state index in [0.29, 0.717) is 34.2 Å². The Kier molecular flexibility index (Phi) is 5.79. The van der Waals surface area contributed by atoms with Crippen LogP contribution in [0.3, 0.4) is 0 Å². The van der Waals surface area contributed by atoms with Crippen LogP contribution in [0.1, 0.15) is 15.9 Å². The molecule has 1 amide bonds. The lowest BCUT2D eigenvalue weighted by Crippen LogP contribution is -2.13. The standard InChI is InChI=1S/C24H21N3O4S/c1-16-7-9-17(10-8-16)22-15-25-24(31-22)21-6-4-3-5-20(21)23(28)26-18-11-13-19(14-12-18)27-32(2,29)30/h3-15,27H,1-2H3,(H,26,28). The van der Waals surface area contributed by atoms with Crippen molar-refractivity contribution < 1.29 is 17.6 Å². The molecule has 0 atom stereocenters. The molecule has 162 valence electrons. The number of sulfonamides is 1. The van der Waals surface area contributed by atoms with Crippen molar-refractivity contribution in [1.29, 1.82) is 0 Å². The number of hydrogen-bond donors (Lipinski definition) is 2. The average molecular weight is 448 g/mol. The van der Waals surface area contributed by atoms with Crippen LogP contribution >= 0.6 is 0 Å². The number of carbonyl (C=O) groups is 1. The molecule has 0 spiro atoms. The zero-order chi connectivity index (χ0) is 22.7. The van der Waals surface area contributed by atoms with Crippen LogP contribution in [0, 0.1) is 6.92 Å². The van der Waals surface area contributed by atoms with Crippen LogP contribution in [-0.4, -0.2) is 25.6 Å². The maximum Gasteiger partial charge on any atom is 0.256 e. The van der Waals surface area contributed by atoms with Crippen LogP contribution in [0.2, 0.25) is 0 Å². The third kappa shape index (κ3) is 5.04. The lowest BCUT2D eigenvalue weighted by atomic mass is 10.1. The first-order chi connectivity index (χ1) is 15.3. The van der Waals surface area contributed by atoms with Gasteiger partial charge in [0, 0.05) is 22.5 Å². The van der Waals surface area contributed by atoms with E-state index in [1.165, 1.54) is 0 Å². The number of aromatic nitrogens is 1. The summed E-state index contributed by atoms with van der Waals surface area (Å²) < 4.78 is 31.0. The van der Waals surface area contributed by atoms with Gasteiger partial charge < -0.3 is 9.73 Å². The number of rotatable bonds is 6. The number of anilines is 2. The van der Waals surface area contributed by atoms with E-state index in [2.05, 4.69) is 15.0 Å². The lowest BCUT2D eigenvalue weighted by molar-refractivity contribution is 0.102. The third-order valence-electron chi connectivity index (χ3n) is 4.69. The van der Waals surface area contributed by atoms with E-state index in [1.807, 2.05) is 37.3 Å². The number of nitrogens with one attached hydrogen (secondary N) is 2. The fourth-order valence-electron chi connectivity index (χ4n) is 3.15. The van der Waals surface area contributed by atoms with Crippen molar-refractivity contribution in [1.82, 2.24) is 4.98 Å². The van der Waals surface area contributed by atoms with E-state index in [4.69, 9.17) is 4.42 Å². The highest BCUT2D eigenvalue weighted by Gasteiger charge is 2.17. The van der Waals surface area contributed by atoms with E-state index in [1.54, 1.807) is 48.7 Å². The summed E-state index contributed by atoms with van der Waals surface area (Å²) in [5.41, 5.74) is 3.96. The van der Waals surface area contributed by atoms with E-state index < -0.39 is 10.0 Å².